The van der Waals surface area contributed by atoms with Crippen molar-refractivity contribution in [3.05, 3.63) is 36.1 Å². The minimum atomic E-state index is 0.110. The van der Waals surface area contributed by atoms with Crippen LogP contribution >= 0.6 is 0 Å². The second-order valence-electron chi connectivity index (χ2n) is 3.80. The van der Waals surface area contributed by atoms with Crippen LogP contribution in [0.15, 0.2) is 36.1 Å². The molecule has 0 radical (unpaired) electrons. The van der Waals surface area contributed by atoms with E-state index in [1.807, 2.05) is 72.0 Å². The molecule has 0 aliphatic carbocycles. The summed E-state index contributed by atoms with van der Waals surface area (Å²) in [6.07, 6.45) is 9.81. The summed E-state index contributed by atoms with van der Waals surface area (Å²) < 4.78 is 5.54. The molecule has 124 valence electrons. The van der Waals surface area contributed by atoms with Crippen LogP contribution in [0.1, 0.15) is 34.6 Å². The van der Waals surface area contributed by atoms with Gasteiger partial charge in [0.25, 0.3) is 0 Å². The number of aliphatic hydroxyl groups excluding tert-OH is 1. The van der Waals surface area contributed by atoms with Gasteiger partial charge in [0.15, 0.2) is 0 Å². The molecule has 1 atom stereocenters. The normalized spacial score (nSPS) is 12.3. The van der Waals surface area contributed by atoms with Crippen LogP contribution in [0.4, 0.5) is 0 Å². The lowest BCUT2D eigenvalue weighted by Crippen LogP contribution is -2.18. The highest BCUT2D eigenvalue weighted by atomic mass is 16.5. The number of aliphatic hydroxyl groups is 1. The minimum Gasteiger partial charge on any atom is -0.491 e. The molecule has 21 heavy (non-hydrogen) atoms. The molecule has 4 heteroatoms. The first-order valence-corrected chi connectivity index (χ1v) is 7.39. The summed E-state index contributed by atoms with van der Waals surface area (Å²) in [5.41, 5.74) is 0.584. The van der Waals surface area contributed by atoms with Crippen molar-refractivity contribution in [2.45, 2.75) is 34.6 Å². The van der Waals surface area contributed by atoms with Gasteiger partial charge in [0, 0.05) is 13.0 Å². The van der Waals surface area contributed by atoms with Gasteiger partial charge in [0.1, 0.15) is 12.4 Å². The molecule has 0 aliphatic rings. The van der Waals surface area contributed by atoms with E-state index in [2.05, 4.69) is 5.32 Å². The third-order valence-electron chi connectivity index (χ3n) is 2.34. The Morgan fingerprint density at radius 1 is 1.24 bits per heavy atom. The molecule has 3 N–H and O–H groups in total. The van der Waals surface area contributed by atoms with E-state index in [1.165, 1.54) is 0 Å². The summed E-state index contributed by atoms with van der Waals surface area (Å²) in [7, 11) is 2.88. The lowest BCUT2D eigenvalue weighted by atomic mass is 10.1. The highest BCUT2D eigenvalue weighted by Gasteiger charge is 2.06. The largest absolute Gasteiger partial charge is 0.491 e. The Labute approximate surface area is 131 Å². The molecule has 0 bridgehead atoms. The number of ether oxygens (including phenoxy) is 1. The van der Waals surface area contributed by atoms with E-state index >= 15 is 0 Å². The van der Waals surface area contributed by atoms with E-state index in [9.17, 15) is 0 Å². The third-order valence-corrected chi connectivity index (χ3v) is 2.34. The Morgan fingerprint density at radius 3 is 2.24 bits per heavy atom. The first kappa shape index (κ1) is 24.6. The maximum atomic E-state index is 7.88. The Bertz CT molecular complexity index is 308. The molecule has 4 nitrogen and oxygen atoms in total. The number of likely N-dealkylation sites (N-methyl/N-ethyl adjacent to an activating group) is 1. The number of nitrogens with one attached hydrogen (secondary N) is 2. The molecule has 0 aromatic heterocycles. The van der Waals surface area contributed by atoms with Gasteiger partial charge in [0.05, 0.1) is 12.3 Å². The predicted molar refractivity (Wildman–Crippen MR) is 94.0 cm³/mol. The van der Waals surface area contributed by atoms with E-state index < -0.39 is 0 Å². The van der Waals surface area contributed by atoms with Gasteiger partial charge < -0.3 is 20.6 Å². The van der Waals surface area contributed by atoms with E-state index in [1.54, 1.807) is 0 Å². The smallest absolute Gasteiger partial charge is 0.126 e. The van der Waals surface area contributed by atoms with E-state index in [-0.39, 0.29) is 5.92 Å². The second kappa shape index (κ2) is 20.9. The van der Waals surface area contributed by atoms with Gasteiger partial charge in [-0.25, -0.2) is 0 Å². The van der Waals surface area contributed by atoms with Crippen LogP contribution in [-0.2, 0) is 4.74 Å². The Kier molecular flexibility index (Phi) is 24.5. The van der Waals surface area contributed by atoms with Crippen molar-refractivity contribution in [2.24, 2.45) is 5.92 Å². The highest BCUT2D eigenvalue weighted by molar-refractivity contribution is 5.86. The summed E-state index contributed by atoms with van der Waals surface area (Å²) in [5.74, 6) is 0.987. The van der Waals surface area contributed by atoms with Crippen LogP contribution in [0.3, 0.4) is 0 Å². The lowest BCUT2D eigenvalue weighted by Gasteiger charge is -2.12. The van der Waals surface area contributed by atoms with Crippen LogP contribution in [0.5, 0.6) is 0 Å². The summed E-state index contributed by atoms with van der Waals surface area (Å²) >= 11 is 0. The van der Waals surface area contributed by atoms with Crippen LogP contribution in [0, 0.1) is 11.3 Å². The number of allylic oxidation sites excluding steroid dienone is 5. The van der Waals surface area contributed by atoms with Crippen molar-refractivity contribution in [3.8, 4) is 0 Å². The fourth-order valence-electron chi connectivity index (χ4n) is 1.17. The van der Waals surface area contributed by atoms with Gasteiger partial charge in [-0.1, -0.05) is 45.1 Å². The van der Waals surface area contributed by atoms with Gasteiger partial charge in [-0.2, -0.15) is 0 Å². The average Bonchev–Trinajstić information content (AvgIpc) is 2.55. The molecule has 0 aromatic rings. The Morgan fingerprint density at radius 2 is 1.81 bits per heavy atom. The van der Waals surface area contributed by atoms with Crippen LogP contribution in [0.25, 0.3) is 0 Å². The number of hydrogen-bond donors (Lipinski definition) is 3. The average molecular weight is 298 g/mol. The van der Waals surface area contributed by atoms with Crippen molar-refractivity contribution >= 4 is 5.71 Å². The molecule has 0 amide bonds. The van der Waals surface area contributed by atoms with Gasteiger partial charge in [-0.05, 0) is 27.0 Å². The summed E-state index contributed by atoms with van der Waals surface area (Å²) in [6, 6.07) is 0. The standard InChI is InChI=1S/C14H24N2O.C2H6.CH4O/c1-5-7-8-9-12(3)14(15)11-17-13(6-2)10-16-4;2*1-2/h5-9,12,15-16H,10-11H2,1-4H3;1-2H3;2H,1H3/b7-5-,9-8-,13-6+,15-14?;;. The van der Waals surface area contributed by atoms with Crippen molar-refractivity contribution in [3.63, 3.8) is 0 Å². The number of hydrogen-bond acceptors (Lipinski definition) is 4. The molecular weight excluding hydrogens is 264 g/mol. The summed E-state index contributed by atoms with van der Waals surface area (Å²) in [5, 5.41) is 17.9. The van der Waals surface area contributed by atoms with Crippen molar-refractivity contribution in [1.29, 1.82) is 5.41 Å². The van der Waals surface area contributed by atoms with Gasteiger partial charge in [-0.15, -0.1) is 0 Å². The molecule has 0 heterocycles. The van der Waals surface area contributed by atoms with E-state index in [0.29, 0.717) is 18.9 Å². The number of rotatable bonds is 8. The molecule has 0 rings (SSSR count). The van der Waals surface area contributed by atoms with E-state index in [4.69, 9.17) is 15.3 Å². The van der Waals surface area contributed by atoms with E-state index in [0.717, 1.165) is 12.9 Å². The van der Waals surface area contributed by atoms with Gasteiger partial charge >= 0.3 is 0 Å². The Balaban J connectivity index is -0.000000739. The van der Waals surface area contributed by atoms with Gasteiger partial charge in [-0.3, -0.25) is 0 Å². The van der Waals surface area contributed by atoms with Crippen molar-refractivity contribution in [1.82, 2.24) is 5.32 Å². The minimum absolute atomic E-state index is 0.110. The SMILES string of the molecule is C/C=C\C=C/C(C)C(=N)CO/C(=C/C)CNC.CC.CO. The molecule has 0 fully saturated rings. The maximum absolute atomic E-state index is 7.88. The molecule has 1 unspecified atom stereocenters. The fourth-order valence-corrected chi connectivity index (χ4v) is 1.17. The summed E-state index contributed by atoms with van der Waals surface area (Å²) in [4.78, 5) is 0. The lowest BCUT2D eigenvalue weighted by molar-refractivity contribution is 0.247. The Hall–Kier alpha value is -1.39. The second-order valence-corrected chi connectivity index (χ2v) is 3.80. The third kappa shape index (κ3) is 16.6. The topological polar surface area (TPSA) is 65.3 Å². The molecular formula is C17H34N2O2. The summed E-state index contributed by atoms with van der Waals surface area (Å²) in [6.45, 7) is 11.0. The predicted octanol–water partition coefficient (Wildman–Crippen LogP) is 3.55. The molecule has 0 spiro atoms. The first-order chi connectivity index (χ1) is 10.2. The molecule has 0 saturated carbocycles. The molecule has 0 aromatic carbocycles. The zero-order valence-corrected chi connectivity index (χ0v) is 14.7. The molecule has 0 aliphatic heterocycles. The zero-order valence-electron chi connectivity index (χ0n) is 14.7. The first-order valence-electron chi connectivity index (χ1n) is 7.39. The van der Waals surface area contributed by atoms with Crippen LogP contribution < -0.4 is 5.32 Å². The van der Waals surface area contributed by atoms with Crippen LogP contribution in [-0.4, -0.2) is 38.1 Å². The van der Waals surface area contributed by atoms with Crippen LogP contribution in [0.2, 0.25) is 0 Å². The monoisotopic (exact) mass is 298 g/mol. The maximum Gasteiger partial charge on any atom is 0.126 e. The fraction of sp³-hybridized carbons (Fsp3) is 0.588. The van der Waals surface area contributed by atoms with Crippen molar-refractivity contribution < 1.29 is 9.84 Å². The van der Waals surface area contributed by atoms with Gasteiger partial charge in [0.2, 0.25) is 0 Å². The highest BCUT2D eigenvalue weighted by Crippen LogP contribution is 2.03. The molecule has 0 saturated heterocycles. The zero-order chi connectivity index (χ0) is 17.1. The quantitative estimate of drug-likeness (QED) is 0.365. The van der Waals surface area contributed by atoms with Crippen molar-refractivity contribution in [2.75, 3.05) is 27.3 Å².